The van der Waals surface area contributed by atoms with E-state index >= 15 is 0 Å². The van der Waals surface area contributed by atoms with E-state index in [-0.39, 0.29) is 31.1 Å². The predicted molar refractivity (Wildman–Crippen MR) is 243 cm³/mol. The van der Waals surface area contributed by atoms with Gasteiger partial charge >= 0.3 is 17.9 Å². The number of unbranched alkanes of at least 4 members (excludes halogenated alkanes) is 30. The van der Waals surface area contributed by atoms with Crippen molar-refractivity contribution in [1.29, 1.82) is 0 Å². The molecule has 0 aliphatic carbocycles. The Morgan fingerprint density at radius 3 is 1.02 bits per heavy atom. The van der Waals surface area contributed by atoms with Crippen LogP contribution in [0.2, 0.25) is 0 Å². The normalized spacial score (nSPS) is 12.1. The summed E-state index contributed by atoms with van der Waals surface area (Å²) in [4.78, 5) is 37.8. The van der Waals surface area contributed by atoms with Crippen LogP contribution >= 0.6 is 0 Å². The van der Waals surface area contributed by atoms with Gasteiger partial charge in [0, 0.05) is 19.3 Å². The lowest BCUT2D eigenvalue weighted by Crippen LogP contribution is -2.30. The monoisotopic (exact) mass is 803 g/mol. The van der Waals surface area contributed by atoms with Crippen LogP contribution in [-0.2, 0) is 28.6 Å². The van der Waals surface area contributed by atoms with Gasteiger partial charge in [0.25, 0.3) is 0 Å². The fourth-order valence-electron chi connectivity index (χ4n) is 7.17. The molecule has 0 bridgehead atoms. The second-order valence-corrected chi connectivity index (χ2v) is 16.7. The molecule has 6 nitrogen and oxygen atoms in total. The van der Waals surface area contributed by atoms with Gasteiger partial charge in [0.05, 0.1) is 0 Å². The fourth-order valence-corrected chi connectivity index (χ4v) is 7.17. The van der Waals surface area contributed by atoms with Crippen molar-refractivity contribution in [2.75, 3.05) is 13.2 Å². The molecule has 0 heterocycles. The molecule has 0 N–H and O–H groups in total. The quantitative estimate of drug-likeness (QED) is 0.0264. The van der Waals surface area contributed by atoms with E-state index in [0.717, 1.165) is 77.0 Å². The van der Waals surface area contributed by atoms with E-state index in [1.54, 1.807) is 0 Å². The first kappa shape index (κ1) is 54.9. The summed E-state index contributed by atoms with van der Waals surface area (Å²) < 4.78 is 16.8. The maximum Gasteiger partial charge on any atom is 0.306 e. The predicted octanol–water partition coefficient (Wildman–Crippen LogP) is 16.0. The number of allylic oxidation sites excluding steroid dienone is 4. The Hall–Kier alpha value is -2.11. The molecule has 334 valence electrons. The highest BCUT2D eigenvalue weighted by Crippen LogP contribution is 2.16. The molecular formula is C51H94O6. The second-order valence-electron chi connectivity index (χ2n) is 16.7. The lowest BCUT2D eigenvalue weighted by Gasteiger charge is -2.18. The van der Waals surface area contributed by atoms with Crippen LogP contribution in [0.5, 0.6) is 0 Å². The van der Waals surface area contributed by atoms with Gasteiger partial charge in [-0.1, -0.05) is 225 Å². The minimum atomic E-state index is -0.769. The molecule has 1 unspecified atom stereocenters. The van der Waals surface area contributed by atoms with E-state index in [1.165, 1.54) is 148 Å². The third kappa shape index (κ3) is 44.8. The van der Waals surface area contributed by atoms with E-state index in [2.05, 4.69) is 45.1 Å². The molecule has 0 aromatic carbocycles. The van der Waals surface area contributed by atoms with E-state index in [0.29, 0.717) is 19.3 Å². The summed E-state index contributed by atoms with van der Waals surface area (Å²) in [7, 11) is 0. The largest absolute Gasteiger partial charge is 0.462 e. The summed E-state index contributed by atoms with van der Waals surface area (Å²) in [5.41, 5.74) is 0. The van der Waals surface area contributed by atoms with Gasteiger partial charge in [0.2, 0.25) is 0 Å². The Kier molecular flexibility index (Phi) is 44.9. The van der Waals surface area contributed by atoms with E-state index in [1.807, 2.05) is 0 Å². The topological polar surface area (TPSA) is 78.9 Å². The summed E-state index contributed by atoms with van der Waals surface area (Å²) in [6.45, 7) is 6.60. The average Bonchev–Trinajstić information content (AvgIpc) is 3.21. The minimum Gasteiger partial charge on any atom is -0.462 e. The molecule has 0 saturated heterocycles. The van der Waals surface area contributed by atoms with Crippen LogP contribution in [0.25, 0.3) is 0 Å². The van der Waals surface area contributed by atoms with Crippen LogP contribution in [-0.4, -0.2) is 37.2 Å². The molecule has 0 aliphatic heterocycles. The van der Waals surface area contributed by atoms with Crippen molar-refractivity contribution in [2.24, 2.45) is 0 Å². The smallest absolute Gasteiger partial charge is 0.306 e. The molecular weight excluding hydrogens is 709 g/mol. The molecule has 0 aromatic rings. The zero-order chi connectivity index (χ0) is 41.5. The van der Waals surface area contributed by atoms with Gasteiger partial charge in [0.1, 0.15) is 13.2 Å². The summed E-state index contributed by atoms with van der Waals surface area (Å²) >= 11 is 0. The van der Waals surface area contributed by atoms with Gasteiger partial charge in [-0.05, 0) is 44.9 Å². The number of esters is 3. The Morgan fingerprint density at radius 1 is 0.351 bits per heavy atom. The lowest BCUT2D eigenvalue weighted by molar-refractivity contribution is -0.167. The Bertz CT molecular complexity index is 927. The number of hydrogen-bond donors (Lipinski definition) is 0. The number of carbonyl (C=O) groups is 3. The molecule has 0 aliphatic rings. The second kappa shape index (κ2) is 46.6. The zero-order valence-corrected chi connectivity index (χ0v) is 38.1. The first-order chi connectivity index (χ1) is 28.0. The van der Waals surface area contributed by atoms with Gasteiger partial charge in [-0.25, -0.2) is 0 Å². The molecule has 6 heteroatoms. The summed E-state index contributed by atoms with van der Waals surface area (Å²) in [5.74, 6) is -0.875. The third-order valence-corrected chi connectivity index (χ3v) is 11.0. The summed E-state index contributed by atoms with van der Waals surface area (Å²) in [6, 6.07) is 0. The number of rotatable bonds is 45. The van der Waals surface area contributed by atoms with Gasteiger partial charge < -0.3 is 14.2 Å². The van der Waals surface area contributed by atoms with Crippen molar-refractivity contribution in [2.45, 2.75) is 271 Å². The van der Waals surface area contributed by atoms with E-state index in [9.17, 15) is 14.4 Å². The van der Waals surface area contributed by atoms with Crippen molar-refractivity contribution < 1.29 is 28.6 Å². The van der Waals surface area contributed by atoms with Crippen LogP contribution in [0.1, 0.15) is 265 Å². The standard InChI is InChI=1S/C51H94O6/c1-4-7-10-13-16-19-22-25-27-29-32-35-38-41-44-50(53)56-47-48(46-55-49(52)43-40-37-34-31-28-24-21-18-15-12-9-6-3)57-51(54)45-42-39-36-33-30-26-23-20-17-14-11-8-5-2/h13,16,22,25,48H,4-12,14-15,17-21,23-24,26-47H2,1-3H3/b16-13-,25-22-. The SMILES string of the molecule is CCCC/C=C\C/C=C\CCCCCCCC(=O)OCC(COC(=O)CCCCCCCCCCCCCC)OC(=O)CCCCCCCCCCCCCCC. The van der Waals surface area contributed by atoms with Crippen molar-refractivity contribution in [3.8, 4) is 0 Å². The number of ether oxygens (including phenoxy) is 3. The van der Waals surface area contributed by atoms with Crippen LogP contribution in [0.15, 0.2) is 24.3 Å². The van der Waals surface area contributed by atoms with Crippen molar-refractivity contribution in [1.82, 2.24) is 0 Å². The highest BCUT2D eigenvalue weighted by molar-refractivity contribution is 5.71. The maximum absolute atomic E-state index is 12.8. The molecule has 0 amide bonds. The fraction of sp³-hybridized carbons (Fsp3) is 0.863. The zero-order valence-electron chi connectivity index (χ0n) is 38.1. The minimum absolute atomic E-state index is 0.0711. The van der Waals surface area contributed by atoms with Crippen molar-refractivity contribution >= 4 is 17.9 Å². The van der Waals surface area contributed by atoms with Gasteiger partial charge in [-0.3, -0.25) is 14.4 Å². The third-order valence-electron chi connectivity index (χ3n) is 11.0. The van der Waals surface area contributed by atoms with E-state index in [4.69, 9.17) is 14.2 Å². The molecule has 0 radical (unpaired) electrons. The molecule has 57 heavy (non-hydrogen) atoms. The van der Waals surface area contributed by atoms with Gasteiger partial charge in [0.15, 0.2) is 6.10 Å². The molecule has 0 fully saturated rings. The number of hydrogen-bond acceptors (Lipinski definition) is 6. The summed E-state index contributed by atoms with van der Waals surface area (Å²) in [5, 5.41) is 0. The highest BCUT2D eigenvalue weighted by Gasteiger charge is 2.19. The number of carbonyl (C=O) groups excluding carboxylic acids is 3. The molecule has 0 saturated carbocycles. The molecule has 1 atom stereocenters. The highest BCUT2D eigenvalue weighted by atomic mass is 16.6. The van der Waals surface area contributed by atoms with Gasteiger partial charge in [-0.2, -0.15) is 0 Å². The van der Waals surface area contributed by atoms with Crippen LogP contribution < -0.4 is 0 Å². The molecule has 0 rings (SSSR count). The molecule has 0 spiro atoms. The maximum atomic E-state index is 12.8. The summed E-state index contributed by atoms with van der Waals surface area (Å²) in [6.07, 6.45) is 51.5. The van der Waals surface area contributed by atoms with Crippen LogP contribution in [0.4, 0.5) is 0 Å². The first-order valence-corrected chi connectivity index (χ1v) is 24.8. The average molecular weight is 803 g/mol. The lowest BCUT2D eigenvalue weighted by atomic mass is 10.0. The van der Waals surface area contributed by atoms with Crippen LogP contribution in [0.3, 0.4) is 0 Å². The van der Waals surface area contributed by atoms with Crippen molar-refractivity contribution in [3.63, 3.8) is 0 Å². The van der Waals surface area contributed by atoms with Crippen molar-refractivity contribution in [3.05, 3.63) is 24.3 Å². The van der Waals surface area contributed by atoms with Crippen LogP contribution in [0, 0.1) is 0 Å². The Morgan fingerprint density at radius 2 is 0.649 bits per heavy atom. The Labute approximate surface area is 353 Å². The Balaban J connectivity index is 4.36. The van der Waals surface area contributed by atoms with E-state index < -0.39 is 6.10 Å². The van der Waals surface area contributed by atoms with Gasteiger partial charge in [-0.15, -0.1) is 0 Å². The molecule has 0 aromatic heterocycles. The first-order valence-electron chi connectivity index (χ1n) is 24.8.